The maximum Gasteiger partial charge on any atom is 0.161 e. The molecule has 1 aromatic rings. The van der Waals surface area contributed by atoms with Crippen molar-refractivity contribution in [1.29, 1.82) is 0 Å². The molecule has 0 aliphatic carbocycles. The van der Waals surface area contributed by atoms with Crippen LogP contribution in [0.1, 0.15) is 18.6 Å². The summed E-state index contributed by atoms with van der Waals surface area (Å²) in [5, 5.41) is 0. The van der Waals surface area contributed by atoms with E-state index in [2.05, 4.69) is 6.92 Å². The summed E-state index contributed by atoms with van der Waals surface area (Å²) in [5.41, 5.74) is 1.15. The van der Waals surface area contributed by atoms with Crippen molar-refractivity contribution in [2.24, 2.45) is 0 Å². The van der Waals surface area contributed by atoms with Gasteiger partial charge in [-0.1, -0.05) is 6.07 Å². The average molecular weight is 194 g/mol. The molecule has 0 N–H and O–H groups in total. The molecule has 0 spiro atoms. The topological polar surface area (TPSA) is 31.0 Å². The molecule has 0 aromatic heterocycles. The fourth-order valence-electron chi connectivity index (χ4n) is 1.57. The van der Waals surface area contributed by atoms with Gasteiger partial charge in [-0.3, -0.25) is 0 Å². The summed E-state index contributed by atoms with van der Waals surface area (Å²) < 4.78 is 15.7. The standard InChI is InChI=1S/C11H14O3/c1-7-11(14-7)8-4-5-9(12-2)10(6-8)13-3/h4-7,11H,1-3H3/t7-,11+/m1/s1. The Morgan fingerprint density at radius 3 is 2.29 bits per heavy atom. The molecule has 1 aliphatic rings. The minimum Gasteiger partial charge on any atom is -0.493 e. The predicted octanol–water partition coefficient (Wildman–Crippen LogP) is 2.16. The van der Waals surface area contributed by atoms with Gasteiger partial charge in [-0.2, -0.15) is 0 Å². The van der Waals surface area contributed by atoms with Crippen molar-refractivity contribution in [2.45, 2.75) is 19.1 Å². The number of rotatable bonds is 3. The molecule has 2 atom stereocenters. The van der Waals surface area contributed by atoms with Crippen LogP contribution in [-0.4, -0.2) is 20.3 Å². The third kappa shape index (κ3) is 1.55. The number of epoxide rings is 1. The number of hydrogen-bond acceptors (Lipinski definition) is 3. The van der Waals surface area contributed by atoms with Gasteiger partial charge in [0.2, 0.25) is 0 Å². The summed E-state index contributed by atoms with van der Waals surface area (Å²) in [5.74, 6) is 1.51. The highest BCUT2D eigenvalue weighted by atomic mass is 16.6. The van der Waals surface area contributed by atoms with Gasteiger partial charge in [0, 0.05) is 0 Å². The van der Waals surface area contributed by atoms with E-state index < -0.39 is 0 Å². The summed E-state index contributed by atoms with van der Waals surface area (Å²) in [6.07, 6.45) is 0.558. The minimum atomic E-state index is 0.231. The molecule has 0 radical (unpaired) electrons. The lowest BCUT2D eigenvalue weighted by atomic mass is 10.1. The van der Waals surface area contributed by atoms with Crippen molar-refractivity contribution < 1.29 is 14.2 Å². The summed E-state index contributed by atoms with van der Waals surface area (Å²) in [6, 6.07) is 5.88. The van der Waals surface area contributed by atoms with Gasteiger partial charge in [0.15, 0.2) is 11.5 Å². The lowest BCUT2D eigenvalue weighted by molar-refractivity contribution is 0.352. The van der Waals surface area contributed by atoms with E-state index in [9.17, 15) is 0 Å². The van der Waals surface area contributed by atoms with Crippen LogP contribution in [0.3, 0.4) is 0 Å². The van der Waals surface area contributed by atoms with E-state index in [1.54, 1.807) is 14.2 Å². The predicted molar refractivity (Wildman–Crippen MR) is 52.8 cm³/mol. The Kier molecular flexibility index (Phi) is 2.33. The molecule has 1 heterocycles. The zero-order valence-corrected chi connectivity index (χ0v) is 8.61. The van der Waals surface area contributed by atoms with E-state index in [4.69, 9.17) is 14.2 Å². The molecule has 2 rings (SSSR count). The fourth-order valence-corrected chi connectivity index (χ4v) is 1.57. The summed E-state index contributed by atoms with van der Waals surface area (Å²) in [7, 11) is 3.27. The zero-order chi connectivity index (χ0) is 10.1. The lowest BCUT2D eigenvalue weighted by Crippen LogP contribution is -1.92. The van der Waals surface area contributed by atoms with Gasteiger partial charge in [-0.25, -0.2) is 0 Å². The Labute approximate surface area is 83.6 Å². The maximum absolute atomic E-state index is 5.38. The molecule has 3 heteroatoms. The van der Waals surface area contributed by atoms with E-state index in [1.165, 1.54) is 0 Å². The average Bonchev–Trinajstić information content (AvgIpc) is 2.94. The maximum atomic E-state index is 5.38. The molecular weight excluding hydrogens is 180 g/mol. The van der Waals surface area contributed by atoms with E-state index in [-0.39, 0.29) is 6.10 Å². The van der Waals surface area contributed by atoms with Crippen molar-refractivity contribution in [3.8, 4) is 11.5 Å². The second kappa shape index (κ2) is 3.50. The van der Waals surface area contributed by atoms with Crippen LogP contribution < -0.4 is 9.47 Å². The highest BCUT2D eigenvalue weighted by molar-refractivity contribution is 5.44. The first-order valence-corrected chi connectivity index (χ1v) is 4.63. The van der Waals surface area contributed by atoms with Crippen LogP contribution in [0.4, 0.5) is 0 Å². The Morgan fingerprint density at radius 1 is 1.14 bits per heavy atom. The van der Waals surface area contributed by atoms with Crippen molar-refractivity contribution in [3.63, 3.8) is 0 Å². The van der Waals surface area contributed by atoms with Crippen molar-refractivity contribution in [3.05, 3.63) is 23.8 Å². The Balaban J connectivity index is 2.27. The molecule has 76 valence electrons. The smallest absolute Gasteiger partial charge is 0.161 e. The van der Waals surface area contributed by atoms with Gasteiger partial charge >= 0.3 is 0 Å². The largest absolute Gasteiger partial charge is 0.493 e. The number of benzene rings is 1. The third-order valence-corrected chi connectivity index (χ3v) is 2.45. The first-order valence-electron chi connectivity index (χ1n) is 4.63. The molecule has 1 fully saturated rings. The normalized spacial score (nSPS) is 24.5. The Morgan fingerprint density at radius 2 is 1.79 bits per heavy atom. The quantitative estimate of drug-likeness (QED) is 0.691. The number of methoxy groups -OCH3 is 2. The van der Waals surface area contributed by atoms with Crippen LogP contribution in [0.25, 0.3) is 0 Å². The van der Waals surface area contributed by atoms with Crippen LogP contribution in [0.5, 0.6) is 11.5 Å². The Bertz CT molecular complexity index is 335. The molecule has 0 bridgehead atoms. The van der Waals surface area contributed by atoms with Gasteiger partial charge in [0.05, 0.1) is 20.3 Å². The second-order valence-electron chi connectivity index (χ2n) is 3.38. The van der Waals surface area contributed by atoms with E-state index in [1.807, 2.05) is 18.2 Å². The van der Waals surface area contributed by atoms with Gasteiger partial charge in [-0.15, -0.1) is 0 Å². The van der Waals surface area contributed by atoms with Crippen LogP contribution >= 0.6 is 0 Å². The van der Waals surface area contributed by atoms with Gasteiger partial charge in [-0.05, 0) is 24.6 Å². The molecule has 14 heavy (non-hydrogen) atoms. The van der Waals surface area contributed by atoms with Crippen molar-refractivity contribution >= 4 is 0 Å². The first-order chi connectivity index (χ1) is 6.76. The van der Waals surface area contributed by atoms with Gasteiger partial charge in [0.1, 0.15) is 6.10 Å². The second-order valence-corrected chi connectivity index (χ2v) is 3.38. The molecule has 1 aromatic carbocycles. The Hall–Kier alpha value is -1.22. The molecule has 0 amide bonds. The third-order valence-electron chi connectivity index (χ3n) is 2.45. The van der Waals surface area contributed by atoms with Gasteiger partial charge in [0.25, 0.3) is 0 Å². The first kappa shape index (κ1) is 9.34. The van der Waals surface area contributed by atoms with E-state index in [0.717, 1.165) is 17.1 Å². The van der Waals surface area contributed by atoms with Crippen molar-refractivity contribution in [2.75, 3.05) is 14.2 Å². The highest BCUT2D eigenvalue weighted by Gasteiger charge is 2.36. The molecule has 0 unspecified atom stereocenters. The molecule has 1 saturated heterocycles. The summed E-state index contributed by atoms with van der Waals surface area (Å²) >= 11 is 0. The zero-order valence-electron chi connectivity index (χ0n) is 8.61. The SMILES string of the molecule is COc1ccc([C@H]2O[C@@H]2C)cc1OC. The fraction of sp³-hybridized carbons (Fsp3) is 0.455. The molecule has 0 saturated carbocycles. The van der Waals surface area contributed by atoms with Crippen LogP contribution in [0.2, 0.25) is 0 Å². The lowest BCUT2D eigenvalue weighted by Gasteiger charge is -2.08. The number of ether oxygens (including phenoxy) is 3. The van der Waals surface area contributed by atoms with Crippen LogP contribution in [0, 0.1) is 0 Å². The highest BCUT2D eigenvalue weighted by Crippen LogP contribution is 2.41. The summed E-state index contributed by atoms with van der Waals surface area (Å²) in [4.78, 5) is 0. The van der Waals surface area contributed by atoms with Crippen LogP contribution in [0.15, 0.2) is 18.2 Å². The van der Waals surface area contributed by atoms with Crippen LogP contribution in [-0.2, 0) is 4.74 Å². The van der Waals surface area contributed by atoms with E-state index >= 15 is 0 Å². The molecule has 1 aliphatic heterocycles. The summed E-state index contributed by atoms with van der Waals surface area (Å²) in [6.45, 7) is 2.06. The van der Waals surface area contributed by atoms with Crippen molar-refractivity contribution in [1.82, 2.24) is 0 Å². The van der Waals surface area contributed by atoms with E-state index in [0.29, 0.717) is 6.10 Å². The number of hydrogen-bond donors (Lipinski definition) is 0. The molecular formula is C11H14O3. The van der Waals surface area contributed by atoms with Gasteiger partial charge < -0.3 is 14.2 Å². The monoisotopic (exact) mass is 194 g/mol. The minimum absolute atomic E-state index is 0.231. The molecule has 3 nitrogen and oxygen atoms in total.